The van der Waals surface area contributed by atoms with E-state index in [9.17, 15) is 25.2 Å². The summed E-state index contributed by atoms with van der Waals surface area (Å²) in [7, 11) is 2.84. The lowest BCUT2D eigenvalue weighted by atomic mass is 9.86. The van der Waals surface area contributed by atoms with Gasteiger partial charge in [0, 0.05) is 13.0 Å². The van der Waals surface area contributed by atoms with E-state index in [2.05, 4.69) is 0 Å². The molecule has 0 aromatic heterocycles. The largest absolute Gasteiger partial charge is 0.471 e. The van der Waals surface area contributed by atoms with Crippen LogP contribution in [0.2, 0.25) is 0 Å². The van der Waals surface area contributed by atoms with Crippen molar-refractivity contribution in [2.75, 3.05) is 20.8 Å². The number of methoxy groups -OCH3 is 2. The van der Waals surface area contributed by atoms with Crippen molar-refractivity contribution < 1.29 is 48.9 Å². The quantitative estimate of drug-likeness (QED) is 0.399. The minimum atomic E-state index is -1.55. The zero-order chi connectivity index (χ0) is 19.7. The Bertz CT molecular complexity index is 564. The summed E-state index contributed by atoms with van der Waals surface area (Å²) < 4.78 is 27.0. The van der Waals surface area contributed by atoms with Crippen molar-refractivity contribution in [3.63, 3.8) is 0 Å². The first-order valence-corrected chi connectivity index (χ1v) is 8.85. The van der Waals surface area contributed by atoms with Crippen molar-refractivity contribution in [2.45, 2.75) is 55.9 Å². The lowest BCUT2D eigenvalue weighted by molar-refractivity contribution is -0.343. The number of fused-ring (bicyclic) bond motifs is 1. The molecular formula is C17H26O10. The maximum Gasteiger partial charge on any atom is 0.337 e. The number of hydrogen-bond acceptors (Lipinski definition) is 10. The van der Waals surface area contributed by atoms with Gasteiger partial charge in [0.25, 0.3) is 0 Å². The Hall–Kier alpha value is -1.27. The minimum Gasteiger partial charge on any atom is -0.471 e. The molecule has 27 heavy (non-hydrogen) atoms. The topological polar surface area (TPSA) is 144 Å². The van der Waals surface area contributed by atoms with Crippen LogP contribution in [0.3, 0.4) is 0 Å². The summed E-state index contributed by atoms with van der Waals surface area (Å²) in [5, 5.41) is 39.3. The number of ether oxygens (including phenoxy) is 5. The Balaban J connectivity index is 1.79. The number of hydrogen-bond donors (Lipinski definition) is 4. The highest BCUT2D eigenvalue weighted by Crippen LogP contribution is 2.45. The van der Waals surface area contributed by atoms with Gasteiger partial charge in [0.1, 0.15) is 24.4 Å². The van der Waals surface area contributed by atoms with Gasteiger partial charge in [-0.15, -0.1) is 0 Å². The number of aliphatic hydroxyl groups is 4. The van der Waals surface area contributed by atoms with E-state index in [0.717, 1.165) is 0 Å². The molecule has 10 nitrogen and oxygen atoms in total. The maximum atomic E-state index is 12.0. The monoisotopic (exact) mass is 390 g/mol. The molecule has 3 rings (SSSR count). The molecule has 3 aliphatic rings. The first kappa shape index (κ1) is 20.5. The Labute approximate surface area is 156 Å². The van der Waals surface area contributed by atoms with Crippen molar-refractivity contribution in [1.29, 1.82) is 0 Å². The molecule has 0 unspecified atom stereocenters. The van der Waals surface area contributed by atoms with E-state index in [1.807, 2.05) is 0 Å². The summed E-state index contributed by atoms with van der Waals surface area (Å²) in [6, 6.07) is 0. The van der Waals surface area contributed by atoms with Crippen molar-refractivity contribution >= 4 is 5.97 Å². The maximum absolute atomic E-state index is 12.0. The van der Waals surface area contributed by atoms with Crippen LogP contribution < -0.4 is 0 Å². The van der Waals surface area contributed by atoms with Crippen LogP contribution in [-0.2, 0) is 28.5 Å². The van der Waals surface area contributed by atoms with Gasteiger partial charge in [0.05, 0.1) is 37.6 Å². The molecule has 1 saturated carbocycles. The van der Waals surface area contributed by atoms with Gasteiger partial charge in [-0.2, -0.15) is 0 Å². The zero-order valence-corrected chi connectivity index (χ0v) is 15.1. The van der Waals surface area contributed by atoms with E-state index >= 15 is 0 Å². The third-order valence-electron chi connectivity index (χ3n) is 5.54. The predicted molar refractivity (Wildman–Crippen MR) is 86.8 cm³/mol. The molecule has 0 spiro atoms. The Kier molecular flexibility index (Phi) is 6.36. The third kappa shape index (κ3) is 3.70. The van der Waals surface area contributed by atoms with Crippen LogP contribution in [0.15, 0.2) is 11.8 Å². The summed E-state index contributed by atoms with van der Waals surface area (Å²) in [5.41, 5.74) is 0.385. The second-order valence-corrected chi connectivity index (χ2v) is 6.94. The van der Waals surface area contributed by atoms with Gasteiger partial charge in [0.15, 0.2) is 6.29 Å². The van der Waals surface area contributed by atoms with Crippen LogP contribution in [0.1, 0.15) is 12.8 Å². The number of carbonyl (C=O) groups is 1. The summed E-state index contributed by atoms with van der Waals surface area (Å²) in [6.45, 7) is -0.560. The average molecular weight is 390 g/mol. The molecule has 2 fully saturated rings. The van der Waals surface area contributed by atoms with Crippen molar-refractivity contribution in [2.24, 2.45) is 11.8 Å². The number of rotatable bonds is 5. The summed E-state index contributed by atoms with van der Waals surface area (Å²) >= 11 is 0. The van der Waals surface area contributed by atoms with Gasteiger partial charge in [-0.25, -0.2) is 4.79 Å². The van der Waals surface area contributed by atoms with Gasteiger partial charge < -0.3 is 44.1 Å². The van der Waals surface area contributed by atoms with E-state index in [0.29, 0.717) is 18.4 Å². The molecule has 154 valence electrons. The molecule has 0 aromatic carbocycles. The predicted octanol–water partition coefficient (Wildman–Crippen LogP) is -1.74. The first-order valence-electron chi connectivity index (χ1n) is 8.85. The van der Waals surface area contributed by atoms with Crippen LogP contribution in [0, 0.1) is 11.8 Å². The van der Waals surface area contributed by atoms with E-state index in [-0.39, 0.29) is 17.9 Å². The Morgan fingerprint density at radius 3 is 2.52 bits per heavy atom. The molecule has 0 radical (unpaired) electrons. The van der Waals surface area contributed by atoms with Crippen LogP contribution in [0.5, 0.6) is 0 Å². The van der Waals surface area contributed by atoms with Crippen molar-refractivity contribution in [1.82, 2.24) is 0 Å². The zero-order valence-electron chi connectivity index (χ0n) is 15.1. The standard InChI is InChI=1S/C17H26O10/c1-23-9-4-3-7-8(15(22)24-2)6-25-16(11(7)9)27-17-14(21)13(20)12(19)10(5-18)26-17/h6-7,9-14,16-21H,3-5H2,1-2H3/t7-,9-,10-,11+,12-,13+,14-,16+,17+/m1/s1. The summed E-state index contributed by atoms with van der Waals surface area (Å²) in [4.78, 5) is 12.0. The van der Waals surface area contributed by atoms with E-state index in [4.69, 9.17) is 23.7 Å². The molecule has 1 aliphatic carbocycles. The summed E-state index contributed by atoms with van der Waals surface area (Å²) in [5.74, 6) is -1.07. The fraction of sp³-hybridized carbons (Fsp3) is 0.824. The molecule has 0 aromatic rings. The van der Waals surface area contributed by atoms with E-state index in [1.54, 1.807) is 7.11 Å². The SMILES string of the molecule is COC(=O)C1=CO[C@@H](O[C@@H]2O[C@H](CO)[C@@H](O)[C@H](O)[C@H]2O)[C@H]2[C@@H]1CC[C@H]2OC. The third-order valence-corrected chi connectivity index (χ3v) is 5.54. The molecule has 2 aliphatic heterocycles. The molecule has 0 amide bonds. The molecule has 10 heteroatoms. The van der Waals surface area contributed by atoms with Crippen LogP contribution in [0.25, 0.3) is 0 Å². The van der Waals surface area contributed by atoms with Crippen LogP contribution in [0.4, 0.5) is 0 Å². The molecule has 2 heterocycles. The number of esters is 1. The highest BCUT2D eigenvalue weighted by molar-refractivity contribution is 5.89. The highest BCUT2D eigenvalue weighted by atomic mass is 16.8. The normalized spacial score (nSPS) is 44.2. The fourth-order valence-corrected chi connectivity index (χ4v) is 4.06. The molecular weight excluding hydrogens is 364 g/mol. The first-order chi connectivity index (χ1) is 12.9. The Morgan fingerprint density at radius 2 is 1.89 bits per heavy atom. The highest BCUT2D eigenvalue weighted by Gasteiger charge is 2.52. The van der Waals surface area contributed by atoms with Gasteiger partial charge in [-0.05, 0) is 12.8 Å². The van der Waals surface area contributed by atoms with Crippen molar-refractivity contribution in [3.05, 3.63) is 11.8 Å². The van der Waals surface area contributed by atoms with Crippen LogP contribution in [-0.4, -0.2) is 90.3 Å². The second kappa shape index (κ2) is 8.39. The van der Waals surface area contributed by atoms with E-state index in [1.165, 1.54) is 13.4 Å². The van der Waals surface area contributed by atoms with Gasteiger partial charge in [0.2, 0.25) is 6.29 Å². The van der Waals surface area contributed by atoms with Gasteiger partial charge >= 0.3 is 5.97 Å². The van der Waals surface area contributed by atoms with Crippen molar-refractivity contribution in [3.8, 4) is 0 Å². The smallest absolute Gasteiger partial charge is 0.337 e. The Morgan fingerprint density at radius 1 is 1.15 bits per heavy atom. The van der Waals surface area contributed by atoms with Gasteiger partial charge in [-0.3, -0.25) is 0 Å². The fourth-order valence-electron chi connectivity index (χ4n) is 4.06. The van der Waals surface area contributed by atoms with E-state index < -0.39 is 49.6 Å². The molecule has 1 saturated heterocycles. The minimum absolute atomic E-state index is 0.217. The molecule has 0 bridgehead atoms. The summed E-state index contributed by atoms with van der Waals surface area (Å²) in [6.07, 6.45) is -5.54. The lowest BCUT2D eigenvalue weighted by Gasteiger charge is -2.43. The number of aliphatic hydroxyl groups excluding tert-OH is 4. The molecule has 9 atom stereocenters. The number of carbonyl (C=O) groups excluding carboxylic acids is 1. The average Bonchev–Trinajstić information content (AvgIpc) is 3.12. The van der Waals surface area contributed by atoms with Gasteiger partial charge in [-0.1, -0.05) is 0 Å². The second-order valence-electron chi connectivity index (χ2n) is 6.94. The lowest BCUT2D eigenvalue weighted by Crippen LogP contribution is -2.60. The molecule has 4 N–H and O–H groups in total. The van der Waals surface area contributed by atoms with Crippen LogP contribution >= 0.6 is 0 Å².